The minimum atomic E-state index is -0.0908. The maximum atomic E-state index is 6.56. The number of methoxy groups -OCH3 is 2. The molecule has 0 heterocycles. The Hall–Kier alpha value is -1.67. The van der Waals surface area contributed by atoms with Crippen LogP contribution in [0.4, 0.5) is 0 Å². The molecule has 0 fully saturated rings. The van der Waals surface area contributed by atoms with Crippen LogP contribution in [-0.4, -0.2) is 14.2 Å². The quantitative estimate of drug-likeness (QED) is 0.736. The molecule has 0 aliphatic carbocycles. The molecule has 3 heteroatoms. The van der Waals surface area contributed by atoms with E-state index in [1.165, 1.54) is 16.7 Å². The van der Waals surface area contributed by atoms with E-state index in [1.807, 2.05) is 18.2 Å². The van der Waals surface area contributed by atoms with E-state index in [1.54, 1.807) is 14.2 Å². The van der Waals surface area contributed by atoms with Crippen LogP contribution in [0, 0.1) is 13.8 Å². The third-order valence-corrected chi connectivity index (χ3v) is 4.16. The average Bonchev–Trinajstić information content (AvgIpc) is 2.50. The highest BCUT2D eigenvalue weighted by molar-refractivity contribution is 6.21. The Morgan fingerprint density at radius 3 is 2.24 bits per heavy atom. The molecular weight excluding hydrogens is 284 g/mol. The van der Waals surface area contributed by atoms with Crippen molar-refractivity contribution in [2.75, 3.05) is 14.2 Å². The summed E-state index contributed by atoms with van der Waals surface area (Å²) in [5.41, 5.74) is 4.88. The van der Waals surface area contributed by atoms with Gasteiger partial charge in [0.25, 0.3) is 0 Å². The molecule has 0 saturated carbocycles. The first-order valence-corrected chi connectivity index (χ1v) is 7.41. The van der Waals surface area contributed by atoms with Crippen molar-refractivity contribution in [1.29, 1.82) is 0 Å². The van der Waals surface area contributed by atoms with Gasteiger partial charge in [-0.15, -0.1) is 11.6 Å². The number of halogens is 1. The number of benzene rings is 2. The summed E-state index contributed by atoms with van der Waals surface area (Å²) in [5, 5.41) is -0.0908. The Morgan fingerprint density at radius 2 is 1.62 bits per heavy atom. The second-order valence-corrected chi connectivity index (χ2v) is 5.73. The molecule has 2 aromatic rings. The van der Waals surface area contributed by atoms with E-state index in [-0.39, 0.29) is 5.38 Å². The van der Waals surface area contributed by atoms with Crippen molar-refractivity contribution in [3.63, 3.8) is 0 Å². The molecule has 2 nitrogen and oxygen atoms in total. The third kappa shape index (κ3) is 3.70. The zero-order chi connectivity index (χ0) is 15.4. The van der Waals surface area contributed by atoms with Crippen LogP contribution in [0.5, 0.6) is 11.5 Å². The molecule has 0 aliphatic heterocycles. The zero-order valence-electron chi connectivity index (χ0n) is 12.9. The normalized spacial score (nSPS) is 12.0. The summed E-state index contributed by atoms with van der Waals surface area (Å²) < 4.78 is 10.6. The van der Waals surface area contributed by atoms with Crippen LogP contribution in [0.25, 0.3) is 0 Å². The first kappa shape index (κ1) is 15.7. The number of alkyl halides is 1. The largest absolute Gasteiger partial charge is 0.493 e. The summed E-state index contributed by atoms with van der Waals surface area (Å²) in [6.45, 7) is 4.24. The third-order valence-electron chi connectivity index (χ3n) is 3.76. The van der Waals surface area contributed by atoms with Gasteiger partial charge in [0.2, 0.25) is 0 Å². The van der Waals surface area contributed by atoms with Gasteiger partial charge in [-0.05, 0) is 54.7 Å². The lowest BCUT2D eigenvalue weighted by molar-refractivity contribution is 0.354. The topological polar surface area (TPSA) is 18.5 Å². The van der Waals surface area contributed by atoms with Crippen LogP contribution < -0.4 is 9.47 Å². The summed E-state index contributed by atoms with van der Waals surface area (Å²) >= 11 is 6.56. The SMILES string of the molecule is COc1ccc(C(Cl)Cc2ccc(C)c(C)c2)cc1OC. The number of aryl methyl sites for hydroxylation is 2. The first-order chi connectivity index (χ1) is 10.0. The van der Waals surface area contributed by atoms with Crippen LogP contribution in [0.1, 0.15) is 27.6 Å². The maximum Gasteiger partial charge on any atom is 0.161 e. The molecule has 112 valence electrons. The van der Waals surface area contributed by atoms with E-state index in [9.17, 15) is 0 Å². The lowest BCUT2D eigenvalue weighted by atomic mass is 10.00. The molecule has 2 aromatic carbocycles. The average molecular weight is 305 g/mol. The molecule has 0 N–H and O–H groups in total. The molecule has 0 amide bonds. The number of hydrogen-bond donors (Lipinski definition) is 0. The molecule has 0 saturated heterocycles. The van der Waals surface area contributed by atoms with Crippen LogP contribution in [0.3, 0.4) is 0 Å². The fourth-order valence-electron chi connectivity index (χ4n) is 2.30. The van der Waals surface area contributed by atoms with Gasteiger partial charge in [-0.1, -0.05) is 24.3 Å². The predicted octanol–water partition coefficient (Wildman–Crippen LogP) is 4.84. The van der Waals surface area contributed by atoms with Crippen molar-refractivity contribution in [2.24, 2.45) is 0 Å². The van der Waals surface area contributed by atoms with E-state index in [4.69, 9.17) is 21.1 Å². The van der Waals surface area contributed by atoms with Gasteiger partial charge >= 0.3 is 0 Å². The van der Waals surface area contributed by atoms with Crippen LogP contribution in [0.2, 0.25) is 0 Å². The maximum absolute atomic E-state index is 6.56. The smallest absolute Gasteiger partial charge is 0.161 e. The van der Waals surface area contributed by atoms with Crippen LogP contribution in [-0.2, 0) is 6.42 Å². The molecule has 21 heavy (non-hydrogen) atoms. The van der Waals surface area contributed by atoms with Crippen molar-refractivity contribution in [2.45, 2.75) is 25.6 Å². The van der Waals surface area contributed by atoms with Gasteiger partial charge in [0.1, 0.15) is 0 Å². The second-order valence-electron chi connectivity index (χ2n) is 5.20. The van der Waals surface area contributed by atoms with E-state index in [0.29, 0.717) is 5.75 Å². The minimum Gasteiger partial charge on any atom is -0.493 e. The van der Waals surface area contributed by atoms with Gasteiger partial charge in [0.15, 0.2) is 11.5 Å². The van der Waals surface area contributed by atoms with Gasteiger partial charge in [0, 0.05) is 0 Å². The Morgan fingerprint density at radius 1 is 0.905 bits per heavy atom. The Labute approximate surface area is 131 Å². The second kappa shape index (κ2) is 6.86. The summed E-state index contributed by atoms with van der Waals surface area (Å²) in [6.07, 6.45) is 0.790. The summed E-state index contributed by atoms with van der Waals surface area (Å²) in [7, 11) is 3.26. The van der Waals surface area contributed by atoms with Crippen molar-refractivity contribution >= 4 is 11.6 Å². The van der Waals surface area contributed by atoms with Gasteiger partial charge in [-0.2, -0.15) is 0 Å². The van der Waals surface area contributed by atoms with Gasteiger partial charge in [-0.25, -0.2) is 0 Å². The minimum absolute atomic E-state index is 0.0908. The molecule has 0 radical (unpaired) electrons. The van der Waals surface area contributed by atoms with Gasteiger partial charge in [0.05, 0.1) is 19.6 Å². The molecule has 0 aliphatic rings. The lowest BCUT2D eigenvalue weighted by Crippen LogP contribution is -1.99. The highest BCUT2D eigenvalue weighted by Gasteiger charge is 2.13. The molecule has 0 bridgehead atoms. The molecule has 2 rings (SSSR count). The predicted molar refractivity (Wildman–Crippen MR) is 87.8 cm³/mol. The highest BCUT2D eigenvalue weighted by atomic mass is 35.5. The van der Waals surface area contributed by atoms with Gasteiger partial charge in [-0.3, -0.25) is 0 Å². The highest BCUT2D eigenvalue weighted by Crippen LogP contribution is 2.33. The first-order valence-electron chi connectivity index (χ1n) is 6.97. The van der Waals surface area contributed by atoms with E-state index in [2.05, 4.69) is 32.0 Å². The number of hydrogen-bond acceptors (Lipinski definition) is 2. The van der Waals surface area contributed by atoms with E-state index in [0.717, 1.165) is 17.7 Å². The summed E-state index contributed by atoms with van der Waals surface area (Å²) in [5.74, 6) is 1.43. The van der Waals surface area contributed by atoms with Gasteiger partial charge < -0.3 is 9.47 Å². The standard InChI is InChI=1S/C18H21ClO2/c1-12-5-6-14(9-13(12)2)10-16(19)15-7-8-17(20-3)18(11-15)21-4/h5-9,11,16H,10H2,1-4H3. The van der Waals surface area contributed by atoms with Crippen molar-refractivity contribution in [1.82, 2.24) is 0 Å². The van der Waals surface area contributed by atoms with Crippen molar-refractivity contribution < 1.29 is 9.47 Å². The Bertz CT molecular complexity index is 623. The number of rotatable bonds is 5. The number of ether oxygens (including phenoxy) is 2. The monoisotopic (exact) mass is 304 g/mol. The fraction of sp³-hybridized carbons (Fsp3) is 0.333. The molecule has 0 spiro atoms. The van der Waals surface area contributed by atoms with Crippen LogP contribution in [0.15, 0.2) is 36.4 Å². The molecule has 0 aromatic heterocycles. The molecule has 1 atom stereocenters. The van der Waals surface area contributed by atoms with Crippen molar-refractivity contribution in [3.05, 3.63) is 58.7 Å². The summed E-state index contributed by atoms with van der Waals surface area (Å²) in [6, 6.07) is 12.3. The van der Waals surface area contributed by atoms with Crippen LogP contribution >= 0.6 is 11.6 Å². The summed E-state index contributed by atoms with van der Waals surface area (Å²) in [4.78, 5) is 0. The fourth-order valence-corrected chi connectivity index (χ4v) is 2.62. The van der Waals surface area contributed by atoms with Crippen molar-refractivity contribution in [3.8, 4) is 11.5 Å². The Balaban J connectivity index is 2.19. The Kier molecular flexibility index (Phi) is 5.13. The lowest BCUT2D eigenvalue weighted by Gasteiger charge is -2.14. The molecular formula is C18H21ClO2. The molecule has 1 unspecified atom stereocenters. The zero-order valence-corrected chi connectivity index (χ0v) is 13.7. The van der Waals surface area contributed by atoms with E-state index < -0.39 is 0 Å². The van der Waals surface area contributed by atoms with E-state index >= 15 is 0 Å².